The van der Waals surface area contributed by atoms with Crippen LogP contribution in [0.5, 0.6) is 0 Å². The van der Waals surface area contributed by atoms with Crippen molar-refractivity contribution in [1.29, 1.82) is 0 Å². The SMILES string of the molecule is CCNc1ccnc(CN2CCCC2(C)C)c1. The van der Waals surface area contributed by atoms with Gasteiger partial charge in [-0.05, 0) is 52.3 Å². The molecule has 2 heterocycles. The van der Waals surface area contributed by atoms with E-state index in [9.17, 15) is 0 Å². The summed E-state index contributed by atoms with van der Waals surface area (Å²) < 4.78 is 0. The first kappa shape index (κ1) is 12.4. The van der Waals surface area contributed by atoms with E-state index in [4.69, 9.17) is 0 Å². The van der Waals surface area contributed by atoms with E-state index in [1.54, 1.807) is 0 Å². The van der Waals surface area contributed by atoms with Crippen molar-refractivity contribution in [2.24, 2.45) is 0 Å². The molecule has 0 aromatic carbocycles. The van der Waals surface area contributed by atoms with Gasteiger partial charge in [-0.25, -0.2) is 0 Å². The average Bonchev–Trinajstić information content (AvgIpc) is 2.59. The molecule has 0 radical (unpaired) electrons. The molecule has 3 nitrogen and oxygen atoms in total. The van der Waals surface area contributed by atoms with Gasteiger partial charge in [0.1, 0.15) is 0 Å². The van der Waals surface area contributed by atoms with Crippen molar-refractivity contribution in [3.63, 3.8) is 0 Å². The van der Waals surface area contributed by atoms with Crippen LogP contribution in [0.2, 0.25) is 0 Å². The van der Waals surface area contributed by atoms with Crippen LogP contribution in [-0.2, 0) is 6.54 Å². The van der Waals surface area contributed by atoms with Crippen LogP contribution in [0.25, 0.3) is 0 Å². The Morgan fingerprint density at radius 2 is 2.29 bits per heavy atom. The van der Waals surface area contributed by atoms with Crippen LogP contribution in [0.15, 0.2) is 18.3 Å². The molecule has 94 valence electrons. The summed E-state index contributed by atoms with van der Waals surface area (Å²) in [5, 5.41) is 3.34. The molecule has 1 aromatic rings. The van der Waals surface area contributed by atoms with Crippen LogP contribution in [0.3, 0.4) is 0 Å². The van der Waals surface area contributed by atoms with Gasteiger partial charge in [0, 0.05) is 30.5 Å². The van der Waals surface area contributed by atoms with E-state index in [1.807, 2.05) is 12.3 Å². The molecule has 0 bridgehead atoms. The maximum atomic E-state index is 4.47. The number of hydrogen-bond acceptors (Lipinski definition) is 3. The smallest absolute Gasteiger partial charge is 0.0564 e. The number of hydrogen-bond donors (Lipinski definition) is 1. The van der Waals surface area contributed by atoms with Gasteiger partial charge in [0.05, 0.1) is 5.69 Å². The maximum Gasteiger partial charge on any atom is 0.0564 e. The minimum absolute atomic E-state index is 0.329. The number of nitrogens with one attached hydrogen (secondary N) is 1. The summed E-state index contributed by atoms with van der Waals surface area (Å²) in [5.74, 6) is 0. The third kappa shape index (κ3) is 2.97. The van der Waals surface area contributed by atoms with Gasteiger partial charge in [-0.3, -0.25) is 9.88 Å². The lowest BCUT2D eigenvalue weighted by Gasteiger charge is -2.31. The lowest BCUT2D eigenvalue weighted by Crippen LogP contribution is -2.37. The quantitative estimate of drug-likeness (QED) is 0.866. The molecule has 0 atom stereocenters. The largest absolute Gasteiger partial charge is 0.385 e. The van der Waals surface area contributed by atoms with Gasteiger partial charge in [0.2, 0.25) is 0 Å². The monoisotopic (exact) mass is 233 g/mol. The summed E-state index contributed by atoms with van der Waals surface area (Å²) in [5.41, 5.74) is 2.67. The van der Waals surface area contributed by atoms with Gasteiger partial charge in [-0.2, -0.15) is 0 Å². The van der Waals surface area contributed by atoms with Crippen LogP contribution in [0, 0.1) is 0 Å². The zero-order valence-electron chi connectivity index (χ0n) is 11.2. The summed E-state index contributed by atoms with van der Waals surface area (Å²) in [6.07, 6.45) is 4.50. The first-order valence-electron chi connectivity index (χ1n) is 6.55. The third-order valence-corrected chi connectivity index (χ3v) is 3.62. The minimum atomic E-state index is 0.329. The highest BCUT2D eigenvalue weighted by atomic mass is 15.2. The van der Waals surface area contributed by atoms with Gasteiger partial charge < -0.3 is 5.32 Å². The zero-order chi connectivity index (χ0) is 12.3. The van der Waals surface area contributed by atoms with Crippen molar-refractivity contribution in [2.75, 3.05) is 18.4 Å². The van der Waals surface area contributed by atoms with Gasteiger partial charge in [0.25, 0.3) is 0 Å². The predicted molar refractivity (Wildman–Crippen MR) is 72.1 cm³/mol. The molecular formula is C14H23N3. The summed E-state index contributed by atoms with van der Waals surface area (Å²) >= 11 is 0. The van der Waals surface area contributed by atoms with Crippen LogP contribution in [0.4, 0.5) is 5.69 Å². The molecular weight excluding hydrogens is 210 g/mol. The normalized spacial score (nSPS) is 19.5. The predicted octanol–water partition coefficient (Wildman–Crippen LogP) is 2.89. The molecule has 0 aliphatic carbocycles. The highest BCUT2D eigenvalue weighted by Crippen LogP contribution is 2.29. The van der Waals surface area contributed by atoms with E-state index in [-0.39, 0.29) is 0 Å². The average molecular weight is 233 g/mol. The highest BCUT2D eigenvalue weighted by Gasteiger charge is 2.31. The first-order valence-corrected chi connectivity index (χ1v) is 6.55. The van der Waals surface area contributed by atoms with E-state index < -0.39 is 0 Å². The molecule has 2 rings (SSSR count). The second kappa shape index (κ2) is 5.05. The molecule has 17 heavy (non-hydrogen) atoms. The van der Waals surface area contributed by atoms with E-state index in [2.05, 4.69) is 42.0 Å². The fourth-order valence-corrected chi connectivity index (χ4v) is 2.53. The molecule has 1 fully saturated rings. The van der Waals surface area contributed by atoms with Crippen molar-refractivity contribution in [2.45, 2.75) is 45.7 Å². The Morgan fingerprint density at radius 1 is 1.47 bits per heavy atom. The second-order valence-electron chi connectivity index (χ2n) is 5.40. The van der Waals surface area contributed by atoms with Gasteiger partial charge in [-0.1, -0.05) is 0 Å². The topological polar surface area (TPSA) is 28.2 Å². The summed E-state index contributed by atoms with van der Waals surface area (Å²) in [7, 11) is 0. The first-order chi connectivity index (χ1) is 8.12. The molecule has 1 saturated heterocycles. The molecule has 0 amide bonds. The Kier molecular flexibility index (Phi) is 3.67. The molecule has 1 aliphatic rings. The molecule has 0 spiro atoms. The Hall–Kier alpha value is -1.09. The Morgan fingerprint density at radius 3 is 2.94 bits per heavy atom. The molecule has 3 heteroatoms. The number of pyridine rings is 1. The van der Waals surface area contributed by atoms with Gasteiger partial charge in [0.15, 0.2) is 0 Å². The lowest BCUT2D eigenvalue weighted by molar-refractivity contribution is 0.164. The highest BCUT2D eigenvalue weighted by molar-refractivity contribution is 5.42. The van der Waals surface area contributed by atoms with Crippen molar-refractivity contribution in [1.82, 2.24) is 9.88 Å². The summed E-state index contributed by atoms with van der Waals surface area (Å²) in [6, 6.07) is 4.19. The van der Waals surface area contributed by atoms with Crippen LogP contribution >= 0.6 is 0 Å². The summed E-state index contributed by atoms with van der Waals surface area (Å²) in [4.78, 5) is 7.00. The fraction of sp³-hybridized carbons (Fsp3) is 0.643. The van der Waals surface area contributed by atoms with Crippen molar-refractivity contribution in [3.05, 3.63) is 24.0 Å². The number of nitrogens with zero attached hydrogens (tertiary/aromatic N) is 2. The molecule has 1 N–H and O–H groups in total. The molecule has 0 saturated carbocycles. The van der Waals surface area contributed by atoms with E-state index in [1.165, 1.54) is 30.8 Å². The number of aromatic nitrogens is 1. The lowest BCUT2D eigenvalue weighted by atomic mass is 10.0. The molecule has 1 aromatic heterocycles. The van der Waals surface area contributed by atoms with E-state index in [0.717, 1.165) is 13.1 Å². The third-order valence-electron chi connectivity index (χ3n) is 3.62. The molecule has 1 aliphatic heterocycles. The van der Waals surface area contributed by atoms with E-state index in [0.29, 0.717) is 5.54 Å². The van der Waals surface area contributed by atoms with Crippen LogP contribution in [0.1, 0.15) is 39.3 Å². The van der Waals surface area contributed by atoms with Gasteiger partial charge in [-0.15, -0.1) is 0 Å². The standard InChI is InChI=1S/C14H23N3/c1-4-15-12-6-8-16-13(10-12)11-17-9-5-7-14(17,2)3/h6,8,10H,4-5,7,9,11H2,1-3H3,(H,15,16). The van der Waals surface area contributed by atoms with Crippen LogP contribution in [-0.4, -0.2) is 28.5 Å². The number of anilines is 1. The Balaban J connectivity index is 2.05. The van der Waals surface area contributed by atoms with E-state index >= 15 is 0 Å². The van der Waals surface area contributed by atoms with Crippen molar-refractivity contribution in [3.8, 4) is 0 Å². The minimum Gasteiger partial charge on any atom is -0.385 e. The number of rotatable bonds is 4. The zero-order valence-corrected chi connectivity index (χ0v) is 11.2. The Labute approximate surface area is 104 Å². The number of likely N-dealkylation sites (tertiary alicyclic amines) is 1. The molecule has 0 unspecified atom stereocenters. The Bertz CT molecular complexity index is 373. The summed E-state index contributed by atoms with van der Waals surface area (Å²) in [6.45, 7) is 9.89. The van der Waals surface area contributed by atoms with Crippen molar-refractivity contribution >= 4 is 5.69 Å². The van der Waals surface area contributed by atoms with Crippen LogP contribution < -0.4 is 5.32 Å². The second-order valence-corrected chi connectivity index (χ2v) is 5.40. The maximum absolute atomic E-state index is 4.47. The van der Waals surface area contributed by atoms with Crippen molar-refractivity contribution < 1.29 is 0 Å². The fourth-order valence-electron chi connectivity index (χ4n) is 2.53. The van der Waals surface area contributed by atoms with Gasteiger partial charge >= 0.3 is 0 Å².